The lowest BCUT2D eigenvalue weighted by atomic mass is 10.2. The molecule has 2 aromatic heterocycles. The summed E-state index contributed by atoms with van der Waals surface area (Å²) in [6.07, 6.45) is 1.47. The Labute approximate surface area is 235 Å². The number of hydrogen-bond acceptors (Lipinski definition) is 5. The number of benzene rings is 4. The SMILES string of the molecule is O=c1c2ccccc2nc(-c2cc3ccccc3o2)n1N=Cc1cc(Cl)cc(Br)c1OCc1cccc(F)c1. The van der Waals surface area contributed by atoms with Crippen LogP contribution in [-0.2, 0) is 6.61 Å². The Balaban J connectivity index is 1.46. The van der Waals surface area contributed by atoms with E-state index in [2.05, 4.69) is 21.0 Å². The van der Waals surface area contributed by atoms with Gasteiger partial charge >= 0.3 is 0 Å². The summed E-state index contributed by atoms with van der Waals surface area (Å²) in [5.41, 5.74) is 1.98. The van der Waals surface area contributed by atoms with Crippen molar-refractivity contribution >= 4 is 55.6 Å². The van der Waals surface area contributed by atoms with E-state index in [4.69, 9.17) is 25.7 Å². The molecule has 0 aliphatic rings. The number of rotatable bonds is 6. The molecular weight excluding hydrogens is 585 g/mol. The van der Waals surface area contributed by atoms with Crippen molar-refractivity contribution in [3.05, 3.63) is 128 Å². The summed E-state index contributed by atoms with van der Waals surface area (Å²) in [6.45, 7) is 0.112. The lowest BCUT2D eigenvalue weighted by Crippen LogP contribution is -2.20. The number of furan rings is 1. The quantitative estimate of drug-likeness (QED) is 0.182. The van der Waals surface area contributed by atoms with Crippen molar-refractivity contribution in [3.8, 4) is 17.3 Å². The molecule has 0 aliphatic heterocycles. The maximum atomic E-state index is 13.7. The second-order valence-corrected chi connectivity index (χ2v) is 9.98. The molecule has 2 heterocycles. The molecule has 0 fully saturated rings. The Hall–Kier alpha value is -4.27. The standard InChI is InChI=1S/C30H18BrClFN3O3/c31-24-15-21(32)13-20(28(24)38-17-18-6-5-8-22(33)12-18)16-34-36-29(27-14-19-7-1-4-11-26(19)39-27)35-25-10-3-2-9-23(25)30(36)37/h1-16H,17H2. The predicted molar refractivity (Wildman–Crippen MR) is 154 cm³/mol. The first-order chi connectivity index (χ1) is 19.0. The summed E-state index contributed by atoms with van der Waals surface area (Å²) >= 11 is 9.82. The topological polar surface area (TPSA) is 69.6 Å². The van der Waals surface area contributed by atoms with Crippen LogP contribution in [0.15, 0.2) is 110 Å². The molecule has 6 nitrogen and oxygen atoms in total. The van der Waals surface area contributed by atoms with Gasteiger partial charge in [0.2, 0.25) is 5.82 Å². The van der Waals surface area contributed by atoms with E-state index in [9.17, 15) is 9.18 Å². The fourth-order valence-electron chi connectivity index (χ4n) is 4.21. The van der Waals surface area contributed by atoms with Crippen molar-refractivity contribution in [1.82, 2.24) is 9.66 Å². The zero-order chi connectivity index (χ0) is 26.9. The van der Waals surface area contributed by atoms with E-state index >= 15 is 0 Å². The number of halogens is 3. The van der Waals surface area contributed by atoms with Gasteiger partial charge in [0.25, 0.3) is 5.56 Å². The summed E-state index contributed by atoms with van der Waals surface area (Å²) in [5.74, 6) is 0.717. The Morgan fingerprint density at radius 1 is 1.03 bits per heavy atom. The molecule has 0 spiro atoms. The van der Waals surface area contributed by atoms with E-state index < -0.39 is 0 Å². The lowest BCUT2D eigenvalue weighted by Gasteiger charge is -2.12. The zero-order valence-corrected chi connectivity index (χ0v) is 22.5. The van der Waals surface area contributed by atoms with E-state index in [-0.39, 0.29) is 23.8 Å². The van der Waals surface area contributed by atoms with Crippen LogP contribution in [0, 0.1) is 5.82 Å². The van der Waals surface area contributed by atoms with Crippen molar-refractivity contribution < 1.29 is 13.5 Å². The monoisotopic (exact) mass is 601 g/mol. The Morgan fingerprint density at radius 2 is 1.85 bits per heavy atom. The number of nitrogens with zero attached hydrogens (tertiary/aromatic N) is 3. The highest BCUT2D eigenvalue weighted by molar-refractivity contribution is 9.10. The molecule has 4 aromatic carbocycles. The maximum Gasteiger partial charge on any atom is 0.282 e. The highest BCUT2D eigenvalue weighted by Gasteiger charge is 2.17. The number of fused-ring (bicyclic) bond motifs is 2. The number of ether oxygens (including phenoxy) is 1. The van der Waals surface area contributed by atoms with Crippen LogP contribution < -0.4 is 10.3 Å². The lowest BCUT2D eigenvalue weighted by molar-refractivity contribution is 0.303. The van der Waals surface area contributed by atoms with Crippen molar-refractivity contribution in [2.75, 3.05) is 0 Å². The maximum absolute atomic E-state index is 13.7. The van der Waals surface area contributed by atoms with Gasteiger partial charge in [-0.05, 0) is 70.0 Å². The van der Waals surface area contributed by atoms with Crippen molar-refractivity contribution in [1.29, 1.82) is 0 Å². The molecule has 0 saturated heterocycles. The second-order valence-electron chi connectivity index (χ2n) is 8.69. The Kier molecular flexibility index (Phi) is 6.72. The first-order valence-corrected chi connectivity index (χ1v) is 13.0. The third-order valence-electron chi connectivity index (χ3n) is 6.02. The smallest absolute Gasteiger partial charge is 0.282 e. The molecule has 39 heavy (non-hydrogen) atoms. The number of para-hydroxylation sites is 2. The van der Waals surface area contributed by atoms with Gasteiger partial charge in [-0.15, -0.1) is 0 Å². The summed E-state index contributed by atoms with van der Waals surface area (Å²) < 4.78 is 27.5. The van der Waals surface area contributed by atoms with Gasteiger partial charge in [-0.2, -0.15) is 9.78 Å². The van der Waals surface area contributed by atoms with Crippen LogP contribution in [0.25, 0.3) is 33.5 Å². The van der Waals surface area contributed by atoms with E-state index in [0.29, 0.717) is 48.6 Å². The van der Waals surface area contributed by atoms with Crippen LogP contribution in [0.3, 0.4) is 0 Å². The average Bonchev–Trinajstić information content (AvgIpc) is 3.36. The molecule has 0 atom stereocenters. The van der Waals surface area contributed by atoms with E-state index in [1.165, 1.54) is 23.0 Å². The van der Waals surface area contributed by atoms with Gasteiger partial charge < -0.3 is 9.15 Å². The minimum absolute atomic E-state index is 0.112. The normalized spacial score (nSPS) is 11.6. The molecular formula is C30H18BrClFN3O3. The molecule has 0 N–H and O–H groups in total. The van der Waals surface area contributed by atoms with Gasteiger partial charge in [-0.1, -0.05) is 54.1 Å². The van der Waals surface area contributed by atoms with Crippen molar-refractivity contribution in [2.24, 2.45) is 5.10 Å². The average molecular weight is 603 g/mol. The molecule has 0 radical (unpaired) electrons. The van der Waals surface area contributed by atoms with Gasteiger partial charge in [-0.3, -0.25) is 4.79 Å². The zero-order valence-electron chi connectivity index (χ0n) is 20.1. The molecule has 6 aromatic rings. The van der Waals surface area contributed by atoms with Crippen LogP contribution in [-0.4, -0.2) is 15.9 Å². The second kappa shape index (κ2) is 10.5. The van der Waals surface area contributed by atoms with Crippen LogP contribution in [0.2, 0.25) is 5.02 Å². The molecule has 192 valence electrons. The minimum atomic E-state index is -0.365. The Morgan fingerprint density at radius 3 is 2.69 bits per heavy atom. The molecule has 6 rings (SSSR count). The third-order valence-corrected chi connectivity index (χ3v) is 6.83. The molecule has 0 amide bonds. The first-order valence-electron chi connectivity index (χ1n) is 11.9. The number of hydrogen-bond donors (Lipinski definition) is 0. The van der Waals surface area contributed by atoms with Gasteiger partial charge in [0.15, 0.2) is 5.76 Å². The largest absolute Gasteiger partial charge is 0.487 e. The molecule has 0 bridgehead atoms. The van der Waals surface area contributed by atoms with E-state index in [0.717, 1.165) is 5.39 Å². The van der Waals surface area contributed by atoms with Crippen LogP contribution in [0.1, 0.15) is 11.1 Å². The van der Waals surface area contributed by atoms with Crippen molar-refractivity contribution in [3.63, 3.8) is 0 Å². The summed E-state index contributed by atoms with van der Waals surface area (Å²) in [7, 11) is 0. The van der Waals surface area contributed by atoms with Gasteiger partial charge in [0.05, 0.1) is 21.6 Å². The molecule has 0 aliphatic carbocycles. The Bertz CT molecular complexity index is 1920. The fraction of sp³-hybridized carbons (Fsp3) is 0.0333. The van der Waals surface area contributed by atoms with Gasteiger partial charge in [0.1, 0.15) is 23.8 Å². The van der Waals surface area contributed by atoms with Crippen LogP contribution in [0.5, 0.6) is 5.75 Å². The highest BCUT2D eigenvalue weighted by Crippen LogP contribution is 2.33. The molecule has 0 unspecified atom stereocenters. The summed E-state index contributed by atoms with van der Waals surface area (Å²) in [5, 5.41) is 6.23. The number of aromatic nitrogens is 2. The van der Waals surface area contributed by atoms with E-state index in [1.807, 2.05) is 36.4 Å². The fourth-order valence-corrected chi connectivity index (χ4v) is 5.16. The highest BCUT2D eigenvalue weighted by atomic mass is 79.9. The van der Waals surface area contributed by atoms with Crippen molar-refractivity contribution in [2.45, 2.75) is 6.61 Å². The first kappa shape index (κ1) is 25.0. The summed E-state index contributed by atoms with van der Waals surface area (Å²) in [4.78, 5) is 18.3. The minimum Gasteiger partial charge on any atom is -0.487 e. The van der Waals surface area contributed by atoms with Gasteiger partial charge in [0, 0.05) is 16.0 Å². The molecule has 9 heteroatoms. The third kappa shape index (κ3) is 5.08. The van der Waals surface area contributed by atoms with Crippen LogP contribution >= 0.6 is 27.5 Å². The summed E-state index contributed by atoms with van der Waals surface area (Å²) in [6, 6.07) is 25.9. The van der Waals surface area contributed by atoms with Crippen LogP contribution in [0.4, 0.5) is 4.39 Å². The predicted octanol–water partition coefficient (Wildman–Crippen LogP) is 7.83. The van der Waals surface area contributed by atoms with Gasteiger partial charge in [-0.25, -0.2) is 9.37 Å². The molecule has 0 saturated carbocycles. The van der Waals surface area contributed by atoms with E-state index in [1.54, 1.807) is 42.5 Å².